The van der Waals surface area contributed by atoms with Crippen LogP contribution in [0.3, 0.4) is 0 Å². The van der Waals surface area contributed by atoms with Crippen LogP contribution >= 0.6 is 8.58 Å². The maximum atomic E-state index is 12.7. The van der Waals surface area contributed by atoms with Crippen LogP contribution in [0, 0.1) is 5.41 Å². The third kappa shape index (κ3) is 8.34. The highest BCUT2D eigenvalue weighted by Crippen LogP contribution is 2.33. The van der Waals surface area contributed by atoms with Crippen molar-refractivity contribution in [1.82, 2.24) is 15.0 Å². The largest absolute Gasteiger partial charge is 0.491 e. The number of hydrogen-bond acceptors (Lipinski definition) is 11. The van der Waals surface area contributed by atoms with Crippen LogP contribution in [0.2, 0.25) is 0 Å². The third-order valence-electron chi connectivity index (χ3n) is 8.30. The van der Waals surface area contributed by atoms with Gasteiger partial charge in [0.1, 0.15) is 25.0 Å². The summed E-state index contributed by atoms with van der Waals surface area (Å²) in [5.74, 6) is -0.419. The Bertz CT molecular complexity index is 1510. The zero-order valence-corrected chi connectivity index (χ0v) is 28.2. The van der Waals surface area contributed by atoms with Gasteiger partial charge in [-0.1, -0.05) is 13.8 Å². The minimum Gasteiger partial charge on any atom is -0.491 e. The summed E-state index contributed by atoms with van der Waals surface area (Å²) in [5.41, 5.74) is 9.75. The van der Waals surface area contributed by atoms with Gasteiger partial charge in [-0.15, -0.1) is 0 Å². The SMILES string of the molecule is CCC(C)PC(=O)N(C=N)c1ccc(N2CCN(c3ccc(OCC4COC(Cn5nccn5)(C(C=NC)=CN)O4)cc3)CC2)cc1. The molecule has 4 atom stereocenters. The number of nitrogens with two attached hydrogens (primary N) is 1. The van der Waals surface area contributed by atoms with Crippen LogP contribution in [-0.2, 0) is 16.0 Å². The average Bonchev–Trinajstić information content (AvgIpc) is 3.77. The zero-order chi connectivity index (χ0) is 33.2. The molecule has 2 saturated heterocycles. The molecule has 0 radical (unpaired) electrons. The van der Waals surface area contributed by atoms with Crippen LogP contribution in [0.1, 0.15) is 20.3 Å². The van der Waals surface area contributed by atoms with Gasteiger partial charge >= 0.3 is 0 Å². The number of carbonyl (C=O) groups excluding carboxylic acids is 1. The van der Waals surface area contributed by atoms with Crippen molar-refractivity contribution in [2.24, 2.45) is 10.7 Å². The standard InChI is InChI=1S/C33H44N9O4P/c1-4-25(2)47-32(43)41(24-35)29-7-5-27(6-8-29)39-15-17-40(18-16-39)28-9-11-30(12-10-28)44-21-31-22-45-33(46-31,26(19-34)20-36-3)23-42-37-13-14-38-42/h5-14,19-20,24-25,31,35,47H,4,15-18,21-23,34H2,1-3H3. The Morgan fingerprint density at radius 1 is 1.13 bits per heavy atom. The number of carbonyl (C=O) groups is 1. The molecule has 3 heterocycles. The summed E-state index contributed by atoms with van der Waals surface area (Å²) < 4.78 is 18.6. The van der Waals surface area contributed by atoms with Crippen molar-refractivity contribution < 1.29 is 19.0 Å². The fraction of sp³-hybridized carbons (Fsp3) is 0.424. The maximum Gasteiger partial charge on any atom is 0.250 e. The summed E-state index contributed by atoms with van der Waals surface area (Å²) in [4.78, 5) is 24.4. The molecule has 47 heavy (non-hydrogen) atoms. The van der Waals surface area contributed by atoms with E-state index in [9.17, 15) is 4.79 Å². The summed E-state index contributed by atoms with van der Waals surface area (Å²) in [6.45, 7) is 8.49. The first-order chi connectivity index (χ1) is 22.9. The van der Waals surface area contributed by atoms with Crippen molar-refractivity contribution in [1.29, 1.82) is 5.41 Å². The Kier molecular flexibility index (Phi) is 11.6. The van der Waals surface area contributed by atoms with E-state index in [0.717, 1.165) is 61.8 Å². The van der Waals surface area contributed by atoms with Crippen LogP contribution in [0.25, 0.3) is 0 Å². The predicted octanol–water partition coefficient (Wildman–Crippen LogP) is 4.35. The number of piperazine rings is 1. The second kappa shape index (κ2) is 16.0. The van der Waals surface area contributed by atoms with E-state index in [-0.39, 0.29) is 26.9 Å². The fourth-order valence-corrected chi connectivity index (χ4v) is 6.47. The molecular weight excluding hydrogens is 617 g/mol. The monoisotopic (exact) mass is 661 g/mol. The van der Waals surface area contributed by atoms with Crippen molar-refractivity contribution in [3.05, 3.63) is 72.7 Å². The molecule has 2 fully saturated rings. The summed E-state index contributed by atoms with van der Waals surface area (Å²) >= 11 is 0. The summed E-state index contributed by atoms with van der Waals surface area (Å²) in [7, 11) is 1.82. The molecule has 14 heteroatoms. The van der Waals surface area contributed by atoms with E-state index < -0.39 is 5.79 Å². The molecular formula is C33H44N9O4P. The molecule has 13 nitrogen and oxygen atoms in total. The van der Waals surface area contributed by atoms with Crippen molar-refractivity contribution in [2.45, 2.75) is 44.4 Å². The number of nitrogens with zero attached hydrogens (tertiary/aromatic N) is 7. The van der Waals surface area contributed by atoms with Crippen LogP contribution in [0.15, 0.2) is 77.7 Å². The first kappa shape index (κ1) is 34.0. The Hall–Kier alpha value is -4.32. The van der Waals surface area contributed by atoms with Crippen molar-refractivity contribution in [2.75, 3.05) is 61.1 Å². The lowest BCUT2D eigenvalue weighted by Crippen LogP contribution is -2.46. The number of rotatable bonds is 14. The maximum absolute atomic E-state index is 12.7. The highest BCUT2D eigenvalue weighted by molar-refractivity contribution is 7.59. The Morgan fingerprint density at radius 3 is 2.30 bits per heavy atom. The molecule has 2 aliphatic rings. The van der Waals surface area contributed by atoms with Gasteiger partial charge in [-0.05, 0) is 69.2 Å². The molecule has 1 amide bonds. The van der Waals surface area contributed by atoms with Gasteiger partial charge in [0.25, 0.3) is 0 Å². The lowest BCUT2D eigenvalue weighted by Gasteiger charge is -2.37. The fourth-order valence-electron chi connectivity index (χ4n) is 5.51. The van der Waals surface area contributed by atoms with E-state index in [1.54, 1.807) is 25.7 Å². The number of hydrogen-bond donors (Lipinski definition) is 2. The van der Waals surface area contributed by atoms with Gasteiger partial charge in [-0.25, -0.2) is 0 Å². The molecule has 5 rings (SSSR count). The van der Waals surface area contributed by atoms with Gasteiger partial charge in [0.15, 0.2) is 0 Å². The topological polar surface area (TPSA) is 147 Å². The summed E-state index contributed by atoms with van der Waals surface area (Å²) in [5, 5.41) is 16.2. The van der Waals surface area contributed by atoms with Gasteiger partial charge in [0.05, 0.1) is 31.0 Å². The van der Waals surface area contributed by atoms with Gasteiger partial charge in [-0.3, -0.25) is 20.1 Å². The molecule has 3 aromatic rings. The number of anilines is 3. The number of benzene rings is 2. The molecule has 0 spiro atoms. The van der Waals surface area contributed by atoms with Gasteiger partial charge < -0.3 is 29.7 Å². The molecule has 0 saturated carbocycles. The molecule has 1 aromatic heterocycles. The van der Waals surface area contributed by atoms with Crippen molar-refractivity contribution >= 4 is 43.8 Å². The van der Waals surface area contributed by atoms with Crippen LogP contribution in [-0.4, -0.2) is 97.2 Å². The van der Waals surface area contributed by atoms with Crippen LogP contribution in [0.4, 0.5) is 21.9 Å². The van der Waals surface area contributed by atoms with E-state index in [4.69, 9.17) is 25.4 Å². The summed E-state index contributed by atoms with van der Waals surface area (Å²) in [6.07, 6.45) is 7.98. The molecule has 2 aliphatic heterocycles. The molecule has 2 aromatic carbocycles. The third-order valence-corrected chi connectivity index (χ3v) is 9.69. The number of ether oxygens (including phenoxy) is 3. The second-order valence-electron chi connectivity index (χ2n) is 11.4. The lowest BCUT2D eigenvalue weighted by molar-refractivity contribution is -0.150. The minimum absolute atomic E-state index is 0.0226. The van der Waals surface area contributed by atoms with Gasteiger partial charge in [-0.2, -0.15) is 15.0 Å². The number of aliphatic imine (C=N–C) groups is 1. The van der Waals surface area contributed by atoms with Crippen LogP contribution < -0.4 is 25.2 Å². The van der Waals surface area contributed by atoms with Crippen LogP contribution in [0.5, 0.6) is 5.75 Å². The Labute approximate surface area is 277 Å². The van der Waals surface area contributed by atoms with Gasteiger partial charge in [0.2, 0.25) is 11.4 Å². The quantitative estimate of drug-likeness (QED) is 0.146. The molecule has 0 aliphatic carbocycles. The molecule has 4 unspecified atom stereocenters. The van der Waals surface area contributed by atoms with E-state index in [1.165, 1.54) is 15.9 Å². The van der Waals surface area contributed by atoms with Crippen molar-refractivity contribution in [3.63, 3.8) is 0 Å². The highest BCUT2D eigenvalue weighted by Gasteiger charge is 2.45. The van der Waals surface area contributed by atoms with E-state index in [2.05, 4.69) is 51.0 Å². The average molecular weight is 662 g/mol. The molecule has 250 valence electrons. The first-order valence-corrected chi connectivity index (χ1v) is 16.9. The zero-order valence-electron chi connectivity index (χ0n) is 27.2. The number of nitrogens with one attached hydrogen (secondary N) is 1. The van der Waals surface area contributed by atoms with E-state index in [1.807, 2.05) is 36.4 Å². The number of amides is 1. The number of aromatic nitrogens is 3. The lowest BCUT2D eigenvalue weighted by atomic mass is 10.1. The van der Waals surface area contributed by atoms with Crippen molar-refractivity contribution in [3.8, 4) is 5.75 Å². The predicted molar refractivity (Wildman–Crippen MR) is 188 cm³/mol. The highest BCUT2D eigenvalue weighted by atomic mass is 31.1. The van der Waals surface area contributed by atoms with E-state index in [0.29, 0.717) is 24.4 Å². The molecule has 3 N–H and O–H groups in total. The first-order valence-electron chi connectivity index (χ1n) is 15.8. The van der Waals surface area contributed by atoms with E-state index >= 15 is 0 Å². The Morgan fingerprint density at radius 2 is 1.74 bits per heavy atom. The molecule has 0 bridgehead atoms. The second-order valence-corrected chi connectivity index (χ2v) is 13.1. The smallest absolute Gasteiger partial charge is 0.250 e. The normalized spacial score (nSPS) is 21.1. The summed E-state index contributed by atoms with van der Waals surface area (Å²) in [6, 6.07) is 16.0. The minimum atomic E-state index is -1.16. The Balaban J connectivity index is 1.11. The van der Waals surface area contributed by atoms with Gasteiger partial charge in [0, 0.05) is 62.6 Å².